The molecule has 3 rings (SSSR count). The molecule has 2 N–H and O–H groups in total. The van der Waals surface area contributed by atoms with Crippen LogP contribution in [-0.2, 0) is 24.3 Å². The minimum Gasteiger partial charge on any atom is -0.466 e. The second-order valence-corrected chi connectivity index (χ2v) is 10.5. The molecule has 2 atom stereocenters. The lowest BCUT2D eigenvalue weighted by atomic mass is 9.97. The minimum absolute atomic E-state index is 0.0686. The van der Waals surface area contributed by atoms with Crippen LogP contribution in [0, 0.1) is 5.92 Å². The van der Waals surface area contributed by atoms with E-state index >= 15 is 0 Å². The summed E-state index contributed by atoms with van der Waals surface area (Å²) >= 11 is 0. The number of sulfonamides is 1. The molecule has 1 saturated heterocycles. The molecule has 0 radical (unpaired) electrons. The van der Waals surface area contributed by atoms with Crippen LogP contribution in [0.1, 0.15) is 58.1 Å². The Bertz CT molecular complexity index is 1120. The Labute approximate surface area is 208 Å². The maximum atomic E-state index is 13.6. The highest BCUT2D eigenvalue weighted by Crippen LogP contribution is 2.33. The number of nitrogens with zero attached hydrogens (tertiary/aromatic N) is 1. The second kappa shape index (κ2) is 12.2. The number of piperidine rings is 1. The molecule has 0 spiro atoms. The number of anilines is 2. The summed E-state index contributed by atoms with van der Waals surface area (Å²) in [5.74, 6) is -0.755. The maximum absolute atomic E-state index is 13.6. The van der Waals surface area contributed by atoms with Gasteiger partial charge in [-0.2, -0.15) is 0 Å². The third-order valence-electron chi connectivity index (χ3n) is 6.02. The molecule has 0 unspecified atom stereocenters. The largest absolute Gasteiger partial charge is 0.466 e. The number of hydrogen-bond donors (Lipinski definition) is 2. The Morgan fingerprint density at radius 3 is 2.57 bits per heavy atom. The molecular formula is C26H35N3O5S. The molecule has 0 aliphatic carbocycles. The molecule has 2 aromatic carbocycles. The highest BCUT2D eigenvalue weighted by atomic mass is 32.2. The number of esters is 1. The van der Waals surface area contributed by atoms with Crippen LogP contribution in [0.2, 0.25) is 0 Å². The summed E-state index contributed by atoms with van der Waals surface area (Å²) in [6.45, 7) is 6.77. The van der Waals surface area contributed by atoms with Crippen LogP contribution < -0.4 is 14.9 Å². The van der Waals surface area contributed by atoms with E-state index in [-0.39, 0.29) is 22.7 Å². The van der Waals surface area contributed by atoms with Crippen LogP contribution in [0.4, 0.5) is 11.4 Å². The van der Waals surface area contributed by atoms with Gasteiger partial charge in [-0.25, -0.2) is 13.1 Å². The molecule has 9 heteroatoms. The zero-order chi connectivity index (χ0) is 25.4. The summed E-state index contributed by atoms with van der Waals surface area (Å²) in [5, 5.41) is 2.79. The number of benzene rings is 2. The Hall–Kier alpha value is -2.91. The predicted molar refractivity (Wildman–Crippen MR) is 137 cm³/mol. The SMILES string of the molecule is CCCC(=O)Nc1ccc(N2CCC[C@@H](C(=O)OCC)C2)c(S(=O)(=O)N[C@@H](C)c2ccccc2)c1. The van der Waals surface area contributed by atoms with E-state index in [2.05, 4.69) is 10.0 Å². The van der Waals surface area contributed by atoms with Crippen LogP contribution in [0.3, 0.4) is 0 Å². The molecular weight excluding hydrogens is 466 g/mol. The van der Waals surface area contributed by atoms with Gasteiger partial charge in [0, 0.05) is 31.2 Å². The monoisotopic (exact) mass is 501 g/mol. The van der Waals surface area contributed by atoms with Crippen molar-refractivity contribution in [3.8, 4) is 0 Å². The van der Waals surface area contributed by atoms with E-state index in [4.69, 9.17) is 4.74 Å². The van der Waals surface area contributed by atoms with E-state index < -0.39 is 16.1 Å². The average Bonchev–Trinajstić information content (AvgIpc) is 2.84. The standard InChI is InChI=1S/C26H35N3O5S/c1-4-10-25(30)27-22-14-15-23(29-16-9-13-21(18-29)26(31)34-5-2)24(17-22)35(32,33)28-19(3)20-11-7-6-8-12-20/h6-8,11-12,14-15,17,19,21,28H,4-5,9-10,13,16,18H2,1-3H3,(H,27,30)/t19-,21+/m0/s1. The quantitative estimate of drug-likeness (QED) is 0.472. The summed E-state index contributed by atoms with van der Waals surface area (Å²) in [6.07, 6.45) is 2.48. The molecule has 1 amide bonds. The Balaban J connectivity index is 1.95. The summed E-state index contributed by atoms with van der Waals surface area (Å²) < 4.78 is 35.2. The first-order valence-electron chi connectivity index (χ1n) is 12.2. The fraction of sp³-hybridized carbons (Fsp3) is 0.462. The zero-order valence-corrected chi connectivity index (χ0v) is 21.4. The van der Waals surface area contributed by atoms with E-state index in [0.29, 0.717) is 50.3 Å². The van der Waals surface area contributed by atoms with Gasteiger partial charge in [0.25, 0.3) is 0 Å². The summed E-state index contributed by atoms with van der Waals surface area (Å²) in [6, 6.07) is 13.8. The van der Waals surface area contributed by atoms with Gasteiger partial charge in [0.15, 0.2) is 0 Å². The first-order chi connectivity index (χ1) is 16.7. The third kappa shape index (κ3) is 7.05. The predicted octanol–water partition coefficient (Wildman–Crippen LogP) is 4.24. The van der Waals surface area contributed by atoms with Crippen molar-refractivity contribution in [2.24, 2.45) is 5.92 Å². The Morgan fingerprint density at radius 2 is 1.89 bits per heavy atom. The molecule has 35 heavy (non-hydrogen) atoms. The number of nitrogens with one attached hydrogen (secondary N) is 2. The van der Waals surface area contributed by atoms with Crippen LogP contribution in [-0.4, -0.2) is 40.0 Å². The number of amides is 1. The number of carbonyl (C=O) groups is 2. The van der Waals surface area contributed by atoms with Gasteiger partial charge in [-0.05, 0) is 56.9 Å². The Kier molecular flexibility index (Phi) is 9.28. The van der Waals surface area contributed by atoms with Gasteiger partial charge in [-0.15, -0.1) is 0 Å². The first-order valence-corrected chi connectivity index (χ1v) is 13.7. The zero-order valence-electron chi connectivity index (χ0n) is 20.6. The number of rotatable bonds is 10. The van der Waals surface area contributed by atoms with Gasteiger partial charge in [0.2, 0.25) is 15.9 Å². The van der Waals surface area contributed by atoms with Crippen molar-refractivity contribution in [3.63, 3.8) is 0 Å². The maximum Gasteiger partial charge on any atom is 0.310 e. The summed E-state index contributed by atoms with van der Waals surface area (Å²) in [4.78, 5) is 26.5. The van der Waals surface area contributed by atoms with Crippen LogP contribution in [0.15, 0.2) is 53.4 Å². The van der Waals surface area contributed by atoms with Crippen LogP contribution in [0.25, 0.3) is 0 Å². The van der Waals surface area contributed by atoms with Crippen molar-refractivity contribution in [1.29, 1.82) is 0 Å². The van der Waals surface area contributed by atoms with E-state index in [1.54, 1.807) is 26.0 Å². The van der Waals surface area contributed by atoms with Gasteiger partial charge >= 0.3 is 5.97 Å². The highest BCUT2D eigenvalue weighted by molar-refractivity contribution is 7.89. The number of hydrogen-bond acceptors (Lipinski definition) is 6. The van der Waals surface area contributed by atoms with Gasteiger partial charge in [0.1, 0.15) is 4.90 Å². The molecule has 190 valence electrons. The average molecular weight is 502 g/mol. The van der Waals surface area contributed by atoms with Crippen molar-refractivity contribution >= 4 is 33.3 Å². The van der Waals surface area contributed by atoms with E-state index in [1.807, 2.05) is 42.2 Å². The van der Waals surface area contributed by atoms with E-state index in [9.17, 15) is 18.0 Å². The molecule has 2 aromatic rings. The van der Waals surface area contributed by atoms with Crippen molar-refractivity contribution < 1.29 is 22.7 Å². The van der Waals surface area contributed by atoms with Crippen molar-refractivity contribution in [1.82, 2.24) is 4.72 Å². The Morgan fingerprint density at radius 1 is 1.14 bits per heavy atom. The lowest BCUT2D eigenvalue weighted by Gasteiger charge is -2.34. The van der Waals surface area contributed by atoms with Crippen LogP contribution >= 0.6 is 0 Å². The van der Waals surface area contributed by atoms with Gasteiger partial charge in [0.05, 0.1) is 18.2 Å². The molecule has 0 aromatic heterocycles. The van der Waals surface area contributed by atoms with Crippen molar-refractivity contribution in [2.45, 2.75) is 57.4 Å². The molecule has 1 aliphatic heterocycles. The number of carbonyl (C=O) groups excluding carboxylic acids is 2. The third-order valence-corrected chi connectivity index (χ3v) is 7.59. The fourth-order valence-corrected chi connectivity index (χ4v) is 5.76. The summed E-state index contributed by atoms with van der Waals surface area (Å²) in [5.41, 5.74) is 1.75. The van der Waals surface area contributed by atoms with Crippen molar-refractivity contribution in [3.05, 3.63) is 54.1 Å². The molecule has 0 bridgehead atoms. The molecule has 1 heterocycles. The molecule has 1 aliphatic rings. The molecule has 0 saturated carbocycles. The minimum atomic E-state index is -3.97. The van der Waals surface area contributed by atoms with Gasteiger partial charge < -0.3 is 15.0 Å². The van der Waals surface area contributed by atoms with Crippen molar-refractivity contribution in [2.75, 3.05) is 29.9 Å². The van der Waals surface area contributed by atoms with E-state index in [1.165, 1.54) is 6.07 Å². The molecule has 1 fully saturated rings. The van der Waals surface area contributed by atoms with Gasteiger partial charge in [-0.3, -0.25) is 9.59 Å². The lowest BCUT2D eigenvalue weighted by Crippen LogP contribution is -2.40. The number of ether oxygens (including phenoxy) is 1. The van der Waals surface area contributed by atoms with Gasteiger partial charge in [-0.1, -0.05) is 37.3 Å². The van der Waals surface area contributed by atoms with E-state index in [0.717, 1.165) is 12.0 Å². The second-order valence-electron chi connectivity index (χ2n) is 8.77. The topological polar surface area (TPSA) is 105 Å². The normalized spacial score (nSPS) is 17.0. The summed E-state index contributed by atoms with van der Waals surface area (Å²) in [7, 11) is -3.97. The lowest BCUT2D eigenvalue weighted by molar-refractivity contribution is -0.148. The van der Waals surface area contributed by atoms with Crippen LogP contribution in [0.5, 0.6) is 0 Å². The highest BCUT2D eigenvalue weighted by Gasteiger charge is 2.31. The molecule has 8 nitrogen and oxygen atoms in total. The smallest absolute Gasteiger partial charge is 0.310 e. The first kappa shape index (κ1) is 26.7. The fourth-order valence-electron chi connectivity index (χ4n) is 4.27.